The molecule has 40 heavy (non-hydrogen) atoms. The van der Waals surface area contributed by atoms with Crippen LogP contribution in [0, 0.1) is 11.8 Å². The van der Waals surface area contributed by atoms with Gasteiger partial charge in [-0.1, -0.05) is 68.7 Å². The number of rotatable bonds is 8. The summed E-state index contributed by atoms with van der Waals surface area (Å²) in [4.78, 5) is 31.4. The van der Waals surface area contributed by atoms with Gasteiger partial charge in [0.1, 0.15) is 11.6 Å². The molecule has 0 spiro atoms. The van der Waals surface area contributed by atoms with Crippen molar-refractivity contribution in [2.75, 3.05) is 11.4 Å². The van der Waals surface area contributed by atoms with Gasteiger partial charge < -0.3 is 19.3 Å². The average Bonchev–Trinajstić information content (AvgIpc) is 3.49. The number of unbranched alkanes of at least 4 members (excludes halogenated alkanes) is 1. The third-order valence-corrected chi connectivity index (χ3v) is 8.48. The molecule has 206 valence electrons. The molecule has 2 atom stereocenters. The summed E-state index contributed by atoms with van der Waals surface area (Å²) in [5.41, 5.74) is 5.72. The number of hydrogen-bond donors (Lipinski definition) is 1. The molecule has 1 saturated carbocycles. The second kappa shape index (κ2) is 11.2. The molecular formula is C33H35N3O4. The molecule has 1 N–H and O–H groups in total. The van der Waals surface area contributed by atoms with Gasteiger partial charge in [-0.25, -0.2) is 9.78 Å². The lowest BCUT2D eigenvalue weighted by Gasteiger charge is -2.21. The van der Waals surface area contributed by atoms with Gasteiger partial charge in [0, 0.05) is 36.7 Å². The van der Waals surface area contributed by atoms with E-state index in [0.717, 1.165) is 84.3 Å². The number of ether oxygens (including phenoxy) is 1. The molecule has 6 rings (SSSR count). The van der Waals surface area contributed by atoms with Crippen molar-refractivity contribution >= 4 is 28.8 Å². The molecule has 3 aromatic carbocycles. The fourth-order valence-electron chi connectivity index (χ4n) is 6.41. The lowest BCUT2D eigenvalue weighted by Crippen LogP contribution is -2.27. The summed E-state index contributed by atoms with van der Waals surface area (Å²) in [6.07, 6.45) is 6.29. The first-order valence-corrected chi connectivity index (χ1v) is 14.4. The van der Waals surface area contributed by atoms with Gasteiger partial charge in [-0.15, -0.1) is 0 Å². The summed E-state index contributed by atoms with van der Waals surface area (Å²) < 4.78 is 7.27. The van der Waals surface area contributed by atoms with E-state index in [9.17, 15) is 9.59 Å². The third kappa shape index (κ3) is 5.08. The second-order valence-electron chi connectivity index (χ2n) is 11.1. The molecule has 7 nitrogen and oxygen atoms in total. The number of carbonyl (C=O) groups excluding carboxylic acids is 1. The Hall–Kier alpha value is -4.13. The van der Waals surface area contributed by atoms with Gasteiger partial charge in [0.15, 0.2) is 0 Å². The zero-order valence-electron chi connectivity index (χ0n) is 22.9. The minimum absolute atomic E-state index is 0.188. The van der Waals surface area contributed by atoms with Gasteiger partial charge in [0.2, 0.25) is 5.91 Å². The molecule has 1 amide bonds. The lowest BCUT2D eigenvalue weighted by atomic mass is 9.81. The van der Waals surface area contributed by atoms with E-state index in [4.69, 9.17) is 14.8 Å². The van der Waals surface area contributed by atoms with Crippen LogP contribution in [0.15, 0.2) is 66.7 Å². The van der Waals surface area contributed by atoms with Crippen LogP contribution in [0.25, 0.3) is 22.2 Å². The van der Waals surface area contributed by atoms with Crippen molar-refractivity contribution in [1.82, 2.24) is 9.55 Å². The molecule has 7 heteroatoms. The van der Waals surface area contributed by atoms with E-state index in [1.165, 1.54) is 6.42 Å². The van der Waals surface area contributed by atoms with E-state index in [1.54, 1.807) is 12.1 Å². The number of imidazole rings is 1. The number of carbonyl (C=O) groups is 2. The molecule has 1 aliphatic heterocycles. The van der Waals surface area contributed by atoms with Crippen molar-refractivity contribution in [3.63, 3.8) is 0 Å². The van der Waals surface area contributed by atoms with Gasteiger partial charge in [-0.05, 0) is 60.6 Å². The Morgan fingerprint density at radius 2 is 1.85 bits per heavy atom. The summed E-state index contributed by atoms with van der Waals surface area (Å²) in [7, 11) is 0. The fourth-order valence-corrected chi connectivity index (χ4v) is 6.41. The van der Waals surface area contributed by atoms with Gasteiger partial charge in [-0.3, -0.25) is 4.79 Å². The number of anilines is 1. The monoisotopic (exact) mass is 537 g/mol. The van der Waals surface area contributed by atoms with E-state index in [-0.39, 0.29) is 11.8 Å². The van der Waals surface area contributed by atoms with Gasteiger partial charge >= 0.3 is 6.16 Å². The highest BCUT2D eigenvalue weighted by atomic mass is 16.7. The van der Waals surface area contributed by atoms with Crippen LogP contribution in [0.4, 0.5) is 10.5 Å². The summed E-state index contributed by atoms with van der Waals surface area (Å²) in [5, 5.41) is 9.09. The molecule has 2 unspecified atom stereocenters. The summed E-state index contributed by atoms with van der Waals surface area (Å²) in [6, 6.07) is 21.6. The molecule has 2 heterocycles. The molecule has 2 fully saturated rings. The number of carboxylic acid groups (broad SMARTS) is 1. The lowest BCUT2D eigenvalue weighted by molar-refractivity contribution is -0.121. The Morgan fingerprint density at radius 1 is 1.05 bits per heavy atom. The van der Waals surface area contributed by atoms with E-state index >= 15 is 0 Å². The maximum atomic E-state index is 13.2. The Morgan fingerprint density at radius 3 is 2.62 bits per heavy atom. The predicted octanol–water partition coefficient (Wildman–Crippen LogP) is 7.30. The molecule has 1 aromatic heterocycles. The number of para-hydroxylation sites is 1. The largest absolute Gasteiger partial charge is 0.511 e. The first-order valence-electron chi connectivity index (χ1n) is 14.4. The second-order valence-corrected chi connectivity index (χ2v) is 11.1. The van der Waals surface area contributed by atoms with Crippen molar-refractivity contribution in [1.29, 1.82) is 0 Å². The van der Waals surface area contributed by atoms with Crippen molar-refractivity contribution in [3.05, 3.63) is 78.1 Å². The maximum Gasteiger partial charge on any atom is 0.511 e. The number of aryl methyl sites for hydroxylation is 1. The number of fused-ring (bicyclic) bond motifs is 2. The Kier molecular flexibility index (Phi) is 7.29. The first-order chi connectivity index (χ1) is 19.5. The quantitative estimate of drug-likeness (QED) is 0.188. The van der Waals surface area contributed by atoms with E-state index in [0.29, 0.717) is 18.2 Å². The molecule has 4 aromatic rings. The zero-order valence-corrected chi connectivity index (χ0v) is 22.9. The highest BCUT2D eigenvalue weighted by molar-refractivity contribution is 5.99. The molecule has 0 radical (unpaired) electrons. The van der Waals surface area contributed by atoms with Gasteiger partial charge in [0.25, 0.3) is 0 Å². The number of nitrogens with zero attached hydrogens (tertiary/aromatic N) is 3. The minimum atomic E-state index is -1.33. The number of amides is 1. The van der Waals surface area contributed by atoms with Crippen LogP contribution in [0.1, 0.15) is 56.8 Å². The van der Waals surface area contributed by atoms with Crippen molar-refractivity contribution in [2.45, 2.75) is 58.4 Å². The fraction of sp³-hybridized carbons (Fsp3) is 0.364. The van der Waals surface area contributed by atoms with Crippen LogP contribution >= 0.6 is 0 Å². The molecular weight excluding hydrogens is 502 g/mol. The highest BCUT2D eigenvalue weighted by Crippen LogP contribution is 2.39. The Bertz CT molecular complexity index is 1540. The summed E-state index contributed by atoms with van der Waals surface area (Å²) >= 11 is 0. The Balaban J connectivity index is 1.28. The van der Waals surface area contributed by atoms with E-state index in [2.05, 4.69) is 41.8 Å². The van der Waals surface area contributed by atoms with E-state index in [1.807, 2.05) is 29.2 Å². The number of aromatic nitrogens is 2. The SMILES string of the molecule is CCCCc1nc2cc(N3CC4CCCCC4C3=O)ccc2n1Cc1ccc(-c2ccccc2OC(=O)O)cc1. The molecule has 1 saturated heterocycles. The highest BCUT2D eigenvalue weighted by Gasteiger charge is 2.41. The molecule has 2 aliphatic rings. The average molecular weight is 538 g/mol. The van der Waals surface area contributed by atoms with E-state index < -0.39 is 6.16 Å². The minimum Gasteiger partial charge on any atom is -0.449 e. The van der Waals surface area contributed by atoms with Crippen molar-refractivity contribution in [2.24, 2.45) is 11.8 Å². The third-order valence-electron chi connectivity index (χ3n) is 8.48. The number of hydrogen-bond acceptors (Lipinski definition) is 4. The summed E-state index contributed by atoms with van der Waals surface area (Å²) in [5.74, 6) is 2.33. The van der Waals surface area contributed by atoms with Gasteiger partial charge in [-0.2, -0.15) is 0 Å². The maximum absolute atomic E-state index is 13.2. The topological polar surface area (TPSA) is 84.7 Å². The van der Waals surface area contributed by atoms with Crippen molar-refractivity contribution < 1.29 is 19.4 Å². The normalized spacial score (nSPS) is 18.7. The summed E-state index contributed by atoms with van der Waals surface area (Å²) in [6.45, 7) is 3.69. The molecule has 1 aliphatic carbocycles. The van der Waals surface area contributed by atoms with Crippen LogP contribution in [-0.2, 0) is 17.8 Å². The molecule has 0 bridgehead atoms. The standard InChI is InChI=1S/C33H35N3O4/c1-2-3-12-31-34-28-19-25(35-21-24-8-4-5-10-27(24)32(35)37)17-18-29(28)36(31)20-22-13-15-23(16-14-22)26-9-6-7-11-30(26)40-33(38)39/h6-7,9,11,13-19,24,27H,2-5,8,10,12,20-21H2,1H3,(H,38,39). The number of benzene rings is 3. The van der Waals surface area contributed by atoms with Crippen molar-refractivity contribution in [3.8, 4) is 16.9 Å². The van der Waals surface area contributed by atoms with Crippen LogP contribution in [0.3, 0.4) is 0 Å². The van der Waals surface area contributed by atoms with Crippen LogP contribution in [0.5, 0.6) is 5.75 Å². The first kappa shape index (κ1) is 26.1. The van der Waals surface area contributed by atoms with Crippen LogP contribution in [-0.4, -0.2) is 33.3 Å². The van der Waals surface area contributed by atoms with Crippen LogP contribution in [0.2, 0.25) is 0 Å². The van der Waals surface area contributed by atoms with Gasteiger partial charge in [0.05, 0.1) is 11.0 Å². The zero-order chi connectivity index (χ0) is 27.6. The predicted molar refractivity (Wildman–Crippen MR) is 156 cm³/mol. The Labute approximate surface area is 234 Å². The van der Waals surface area contributed by atoms with Crippen LogP contribution < -0.4 is 9.64 Å². The smallest absolute Gasteiger partial charge is 0.449 e.